The number of nitrogens with one attached hydrogen (secondary N) is 2. The van der Waals surface area contributed by atoms with Gasteiger partial charge in [-0.1, -0.05) is 17.7 Å². The van der Waals surface area contributed by atoms with Crippen molar-refractivity contribution in [2.45, 2.75) is 26.3 Å². The second kappa shape index (κ2) is 8.08. The Kier molecular flexibility index (Phi) is 5.86. The molecule has 1 heterocycles. The second-order valence-electron chi connectivity index (χ2n) is 5.45. The first-order chi connectivity index (χ1) is 11.1. The third kappa shape index (κ3) is 5.21. The number of pyridine rings is 1. The van der Waals surface area contributed by atoms with Crippen LogP contribution in [0.5, 0.6) is 0 Å². The standard InChI is InChI=1S/C18H21N3O2/c1-13-4-3-5-16(12-13)18(23)20-11-8-17(22)21-14(2)15-6-9-19-10-7-15/h3-7,9-10,12,14H,8,11H2,1-2H3,(H,20,23)(H,21,22). The Hall–Kier alpha value is -2.69. The zero-order valence-electron chi connectivity index (χ0n) is 13.4. The first kappa shape index (κ1) is 16.7. The Morgan fingerprint density at radius 1 is 1.17 bits per heavy atom. The Morgan fingerprint density at radius 2 is 1.91 bits per heavy atom. The molecule has 1 atom stereocenters. The van der Waals surface area contributed by atoms with Crippen LogP contribution in [-0.4, -0.2) is 23.3 Å². The SMILES string of the molecule is Cc1cccc(C(=O)NCCC(=O)NC(C)c2ccncc2)c1. The van der Waals surface area contributed by atoms with E-state index in [1.807, 2.05) is 44.2 Å². The predicted octanol–water partition coefficient (Wildman–Crippen LogP) is 2.39. The van der Waals surface area contributed by atoms with Crippen LogP contribution >= 0.6 is 0 Å². The van der Waals surface area contributed by atoms with Crippen LogP contribution in [0.15, 0.2) is 48.8 Å². The highest BCUT2D eigenvalue weighted by molar-refractivity contribution is 5.94. The molecule has 5 heteroatoms. The van der Waals surface area contributed by atoms with E-state index in [-0.39, 0.29) is 24.3 Å². The molecule has 0 fully saturated rings. The molecule has 120 valence electrons. The minimum Gasteiger partial charge on any atom is -0.352 e. The molecule has 2 N–H and O–H groups in total. The Morgan fingerprint density at radius 3 is 2.61 bits per heavy atom. The van der Waals surface area contributed by atoms with Gasteiger partial charge in [0, 0.05) is 30.9 Å². The number of hydrogen-bond donors (Lipinski definition) is 2. The van der Waals surface area contributed by atoms with Crippen molar-refractivity contribution >= 4 is 11.8 Å². The van der Waals surface area contributed by atoms with Crippen LogP contribution in [0, 0.1) is 6.92 Å². The summed E-state index contributed by atoms with van der Waals surface area (Å²) in [6.45, 7) is 4.16. The highest BCUT2D eigenvalue weighted by Crippen LogP contribution is 2.10. The van der Waals surface area contributed by atoms with Gasteiger partial charge in [0.1, 0.15) is 0 Å². The summed E-state index contributed by atoms with van der Waals surface area (Å²) in [6, 6.07) is 11.0. The molecule has 23 heavy (non-hydrogen) atoms. The molecule has 0 spiro atoms. The van der Waals surface area contributed by atoms with E-state index < -0.39 is 0 Å². The highest BCUT2D eigenvalue weighted by atomic mass is 16.2. The van der Waals surface area contributed by atoms with Crippen LogP contribution in [0.1, 0.15) is 40.9 Å². The van der Waals surface area contributed by atoms with Gasteiger partial charge in [-0.05, 0) is 43.7 Å². The highest BCUT2D eigenvalue weighted by Gasteiger charge is 2.10. The molecule has 0 aliphatic heterocycles. The first-order valence-corrected chi connectivity index (χ1v) is 7.60. The van der Waals surface area contributed by atoms with Gasteiger partial charge in [-0.15, -0.1) is 0 Å². The van der Waals surface area contributed by atoms with Gasteiger partial charge < -0.3 is 10.6 Å². The number of carbonyl (C=O) groups is 2. The van der Waals surface area contributed by atoms with E-state index in [1.165, 1.54) is 0 Å². The molecule has 1 aromatic carbocycles. The van der Waals surface area contributed by atoms with E-state index >= 15 is 0 Å². The molecule has 5 nitrogen and oxygen atoms in total. The fraction of sp³-hybridized carbons (Fsp3) is 0.278. The van der Waals surface area contributed by atoms with Crippen LogP contribution < -0.4 is 10.6 Å². The Labute approximate surface area is 136 Å². The van der Waals surface area contributed by atoms with E-state index in [2.05, 4.69) is 15.6 Å². The lowest BCUT2D eigenvalue weighted by Crippen LogP contribution is -2.32. The van der Waals surface area contributed by atoms with Crippen molar-refractivity contribution in [1.82, 2.24) is 15.6 Å². The first-order valence-electron chi connectivity index (χ1n) is 7.60. The van der Waals surface area contributed by atoms with Crippen LogP contribution in [0.4, 0.5) is 0 Å². The van der Waals surface area contributed by atoms with Crippen molar-refractivity contribution in [2.75, 3.05) is 6.54 Å². The number of hydrogen-bond acceptors (Lipinski definition) is 3. The molecule has 1 aromatic heterocycles. The number of benzene rings is 1. The Balaban J connectivity index is 1.75. The van der Waals surface area contributed by atoms with E-state index in [4.69, 9.17) is 0 Å². The maximum Gasteiger partial charge on any atom is 0.251 e. The quantitative estimate of drug-likeness (QED) is 0.860. The van der Waals surface area contributed by atoms with Gasteiger partial charge >= 0.3 is 0 Å². The third-order valence-electron chi connectivity index (χ3n) is 3.50. The fourth-order valence-electron chi connectivity index (χ4n) is 2.23. The summed E-state index contributed by atoms with van der Waals surface area (Å²) < 4.78 is 0. The number of nitrogens with zero attached hydrogens (tertiary/aromatic N) is 1. The molecule has 2 rings (SSSR count). The van der Waals surface area contributed by atoms with E-state index in [0.717, 1.165) is 11.1 Å². The topological polar surface area (TPSA) is 71.1 Å². The normalized spacial score (nSPS) is 11.6. The third-order valence-corrected chi connectivity index (χ3v) is 3.50. The van der Waals surface area contributed by atoms with Crippen molar-refractivity contribution < 1.29 is 9.59 Å². The van der Waals surface area contributed by atoms with Gasteiger partial charge in [0.15, 0.2) is 0 Å². The van der Waals surface area contributed by atoms with Crippen LogP contribution in [-0.2, 0) is 4.79 Å². The summed E-state index contributed by atoms with van der Waals surface area (Å²) in [5.74, 6) is -0.262. The van der Waals surface area contributed by atoms with Crippen molar-refractivity contribution in [3.63, 3.8) is 0 Å². The molecule has 0 saturated heterocycles. The molecule has 0 radical (unpaired) electrons. The average Bonchev–Trinajstić information content (AvgIpc) is 2.55. The lowest BCUT2D eigenvalue weighted by atomic mass is 10.1. The minimum atomic E-state index is -0.163. The molecule has 1 unspecified atom stereocenters. The number of amides is 2. The summed E-state index contributed by atoms with van der Waals surface area (Å²) in [5, 5.41) is 5.66. The fourth-order valence-corrected chi connectivity index (χ4v) is 2.23. The molecular formula is C18H21N3O2. The second-order valence-corrected chi connectivity index (χ2v) is 5.45. The molecule has 2 amide bonds. The molecular weight excluding hydrogens is 290 g/mol. The number of rotatable bonds is 6. The van der Waals surface area contributed by atoms with Gasteiger partial charge in [-0.25, -0.2) is 0 Å². The van der Waals surface area contributed by atoms with Crippen LogP contribution in [0.3, 0.4) is 0 Å². The average molecular weight is 311 g/mol. The predicted molar refractivity (Wildman–Crippen MR) is 88.9 cm³/mol. The lowest BCUT2D eigenvalue weighted by Gasteiger charge is -2.14. The van der Waals surface area contributed by atoms with Crippen molar-refractivity contribution in [3.05, 3.63) is 65.5 Å². The number of carbonyl (C=O) groups excluding carboxylic acids is 2. The molecule has 0 aliphatic carbocycles. The maximum absolute atomic E-state index is 12.0. The van der Waals surface area contributed by atoms with E-state index in [9.17, 15) is 9.59 Å². The summed E-state index contributed by atoms with van der Waals surface area (Å²) in [4.78, 5) is 27.8. The number of aryl methyl sites for hydroxylation is 1. The molecule has 0 bridgehead atoms. The summed E-state index contributed by atoms with van der Waals surface area (Å²) in [7, 11) is 0. The van der Waals surface area contributed by atoms with E-state index in [0.29, 0.717) is 12.1 Å². The summed E-state index contributed by atoms with van der Waals surface area (Å²) in [5.41, 5.74) is 2.63. The van der Waals surface area contributed by atoms with Gasteiger partial charge in [0.05, 0.1) is 6.04 Å². The Bertz CT molecular complexity index is 671. The van der Waals surface area contributed by atoms with Crippen molar-refractivity contribution in [1.29, 1.82) is 0 Å². The zero-order chi connectivity index (χ0) is 16.7. The smallest absolute Gasteiger partial charge is 0.251 e. The lowest BCUT2D eigenvalue weighted by molar-refractivity contribution is -0.121. The molecule has 0 saturated carbocycles. The largest absolute Gasteiger partial charge is 0.352 e. The van der Waals surface area contributed by atoms with E-state index in [1.54, 1.807) is 18.5 Å². The summed E-state index contributed by atoms with van der Waals surface area (Å²) in [6.07, 6.45) is 3.63. The van der Waals surface area contributed by atoms with Crippen LogP contribution in [0.2, 0.25) is 0 Å². The van der Waals surface area contributed by atoms with Crippen LogP contribution in [0.25, 0.3) is 0 Å². The summed E-state index contributed by atoms with van der Waals surface area (Å²) >= 11 is 0. The minimum absolute atomic E-state index is 0.0852. The van der Waals surface area contributed by atoms with Gasteiger partial charge in [-0.3, -0.25) is 14.6 Å². The number of aromatic nitrogens is 1. The molecule has 0 aliphatic rings. The van der Waals surface area contributed by atoms with Gasteiger partial charge in [0.25, 0.3) is 5.91 Å². The monoisotopic (exact) mass is 311 g/mol. The van der Waals surface area contributed by atoms with Gasteiger partial charge in [0.2, 0.25) is 5.91 Å². The van der Waals surface area contributed by atoms with Crippen molar-refractivity contribution in [2.24, 2.45) is 0 Å². The molecule has 2 aromatic rings. The van der Waals surface area contributed by atoms with Gasteiger partial charge in [-0.2, -0.15) is 0 Å². The zero-order valence-corrected chi connectivity index (χ0v) is 13.4. The maximum atomic E-state index is 12.0. The van der Waals surface area contributed by atoms with Crippen molar-refractivity contribution in [3.8, 4) is 0 Å².